The molecule has 0 atom stereocenters. The monoisotopic (exact) mass is 370 g/mol. The molecule has 2 heterocycles. The third-order valence-electron chi connectivity index (χ3n) is 5.13. The average Bonchev–Trinajstić information content (AvgIpc) is 3.13. The van der Waals surface area contributed by atoms with Crippen molar-refractivity contribution < 1.29 is 0 Å². The molecule has 0 bridgehead atoms. The molecule has 0 spiro atoms. The zero-order valence-electron chi connectivity index (χ0n) is 15.4. The van der Waals surface area contributed by atoms with Gasteiger partial charge in [-0.3, -0.25) is 4.98 Å². The van der Waals surface area contributed by atoms with Crippen LogP contribution in [0.15, 0.2) is 85.1 Å². The molecule has 0 unspecified atom stereocenters. The first-order valence-electron chi connectivity index (χ1n) is 9.19. The Kier molecular flexibility index (Phi) is 3.83. The van der Waals surface area contributed by atoms with Gasteiger partial charge in [-0.25, -0.2) is 0 Å². The van der Waals surface area contributed by atoms with Gasteiger partial charge in [0.05, 0.1) is 27.9 Å². The minimum atomic E-state index is 0.287. The molecule has 0 aliphatic heterocycles. The first-order valence-corrected chi connectivity index (χ1v) is 9.19. The summed E-state index contributed by atoms with van der Waals surface area (Å²) in [6.07, 6.45) is 1.46. The summed E-state index contributed by atoms with van der Waals surface area (Å²) in [6.45, 7) is 0. The standard InChI is InChI=1S/C25H14N4/c26-14-18-13-23(28-16-19(18)15-27)17-6-5-7-20(12-17)29-24-10-3-1-8-21(24)22-9-2-4-11-25(22)29/h1-13,16H. The molecule has 3 aromatic carbocycles. The molecule has 0 radical (unpaired) electrons. The van der Waals surface area contributed by atoms with Crippen LogP contribution in [-0.2, 0) is 0 Å². The molecule has 0 saturated carbocycles. The van der Waals surface area contributed by atoms with E-state index in [4.69, 9.17) is 5.26 Å². The number of nitriles is 2. The van der Waals surface area contributed by atoms with Gasteiger partial charge in [0.15, 0.2) is 0 Å². The molecule has 0 aliphatic carbocycles. The zero-order chi connectivity index (χ0) is 19.8. The van der Waals surface area contributed by atoms with Gasteiger partial charge in [0.2, 0.25) is 0 Å². The second-order valence-corrected chi connectivity index (χ2v) is 6.76. The van der Waals surface area contributed by atoms with Crippen LogP contribution in [0.1, 0.15) is 11.1 Å². The van der Waals surface area contributed by atoms with Crippen molar-refractivity contribution in [1.29, 1.82) is 10.5 Å². The molecule has 5 aromatic rings. The number of para-hydroxylation sites is 2. The predicted octanol–water partition coefficient (Wildman–Crippen LogP) is 5.59. The highest BCUT2D eigenvalue weighted by molar-refractivity contribution is 6.09. The summed E-state index contributed by atoms with van der Waals surface area (Å²) in [5, 5.41) is 20.9. The summed E-state index contributed by atoms with van der Waals surface area (Å²) in [5.74, 6) is 0. The molecule has 29 heavy (non-hydrogen) atoms. The maximum atomic E-state index is 9.33. The molecule has 5 rings (SSSR count). The molecule has 0 aliphatic rings. The van der Waals surface area contributed by atoms with E-state index in [1.165, 1.54) is 17.0 Å². The molecule has 4 nitrogen and oxygen atoms in total. The van der Waals surface area contributed by atoms with Crippen LogP contribution >= 0.6 is 0 Å². The Morgan fingerprint density at radius 1 is 0.690 bits per heavy atom. The van der Waals surface area contributed by atoms with Crippen molar-refractivity contribution in [3.8, 4) is 29.1 Å². The quantitative estimate of drug-likeness (QED) is 0.407. The van der Waals surface area contributed by atoms with E-state index in [9.17, 15) is 5.26 Å². The molecule has 0 amide bonds. The summed E-state index contributed by atoms with van der Waals surface area (Å²) in [6, 6.07) is 30.6. The van der Waals surface area contributed by atoms with E-state index in [0.29, 0.717) is 11.3 Å². The second-order valence-electron chi connectivity index (χ2n) is 6.76. The first-order chi connectivity index (χ1) is 14.3. The molecule has 0 saturated heterocycles. The van der Waals surface area contributed by atoms with Gasteiger partial charge in [0.25, 0.3) is 0 Å². The van der Waals surface area contributed by atoms with Crippen molar-refractivity contribution in [3.63, 3.8) is 0 Å². The van der Waals surface area contributed by atoms with Crippen molar-refractivity contribution in [2.24, 2.45) is 0 Å². The maximum absolute atomic E-state index is 9.33. The average molecular weight is 370 g/mol. The lowest BCUT2D eigenvalue weighted by Gasteiger charge is -2.10. The van der Waals surface area contributed by atoms with Crippen LogP contribution in [0.4, 0.5) is 0 Å². The Balaban J connectivity index is 1.74. The summed E-state index contributed by atoms with van der Waals surface area (Å²) in [4.78, 5) is 4.39. The van der Waals surface area contributed by atoms with Crippen LogP contribution in [0, 0.1) is 22.7 Å². The van der Waals surface area contributed by atoms with Crippen molar-refractivity contribution in [2.75, 3.05) is 0 Å². The van der Waals surface area contributed by atoms with E-state index in [0.717, 1.165) is 22.3 Å². The molecular formula is C25H14N4. The Morgan fingerprint density at radius 2 is 1.34 bits per heavy atom. The van der Waals surface area contributed by atoms with Gasteiger partial charge in [-0.1, -0.05) is 48.5 Å². The van der Waals surface area contributed by atoms with Crippen LogP contribution in [0.25, 0.3) is 38.8 Å². The predicted molar refractivity (Wildman–Crippen MR) is 113 cm³/mol. The highest BCUT2D eigenvalue weighted by Gasteiger charge is 2.12. The molecule has 0 N–H and O–H groups in total. The van der Waals surface area contributed by atoms with Crippen LogP contribution in [-0.4, -0.2) is 9.55 Å². The fraction of sp³-hybridized carbons (Fsp3) is 0. The highest BCUT2D eigenvalue weighted by Crippen LogP contribution is 2.32. The molecule has 2 aromatic heterocycles. The van der Waals surface area contributed by atoms with Crippen LogP contribution in [0.5, 0.6) is 0 Å². The second kappa shape index (κ2) is 6.64. The van der Waals surface area contributed by atoms with Gasteiger partial charge in [-0.15, -0.1) is 0 Å². The summed E-state index contributed by atoms with van der Waals surface area (Å²) < 4.78 is 2.24. The van der Waals surface area contributed by atoms with Gasteiger partial charge in [0, 0.05) is 28.2 Å². The fourth-order valence-electron chi connectivity index (χ4n) is 3.80. The normalized spacial score (nSPS) is 10.7. The van der Waals surface area contributed by atoms with E-state index in [2.05, 4.69) is 64.2 Å². The topological polar surface area (TPSA) is 65.4 Å². The molecular weight excluding hydrogens is 356 g/mol. The first kappa shape index (κ1) is 16.7. The highest BCUT2D eigenvalue weighted by atomic mass is 15.0. The molecule has 4 heteroatoms. The summed E-state index contributed by atoms with van der Waals surface area (Å²) >= 11 is 0. The van der Waals surface area contributed by atoms with E-state index >= 15 is 0 Å². The molecule has 0 fully saturated rings. The van der Waals surface area contributed by atoms with Gasteiger partial charge >= 0.3 is 0 Å². The number of rotatable bonds is 2. The Bertz CT molecular complexity index is 1430. The number of nitrogens with zero attached hydrogens (tertiary/aromatic N) is 4. The lowest BCUT2D eigenvalue weighted by atomic mass is 10.1. The zero-order valence-corrected chi connectivity index (χ0v) is 15.4. The Hall–Kier alpha value is -4.41. The summed E-state index contributed by atoms with van der Waals surface area (Å²) in [7, 11) is 0. The van der Waals surface area contributed by atoms with Gasteiger partial charge < -0.3 is 4.57 Å². The third-order valence-corrected chi connectivity index (χ3v) is 5.13. The van der Waals surface area contributed by atoms with Crippen molar-refractivity contribution in [1.82, 2.24) is 9.55 Å². The minimum absolute atomic E-state index is 0.287. The van der Waals surface area contributed by atoms with Gasteiger partial charge in [-0.05, 0) is 30.3 Å². The van der Waals surface area contributed by atoms with E-state index in [1.807, 2.05) is 30.3 Å². The van der Waals surface area contributed by atoms with Crippen LogP contribution in [0.3, 0.4) is 0 Å². The minimum Gasteiger partial charge on any atom is -0.309 e. The SMILES string of the molecule is N#Cc1cnc(-c2cccc(-n3c4ccccc4c4ccccc43)c2)cc1C#N. The smallest absolute Gasteiger partial charge is 0.102 e. The fourth-order valence-corrected chi connectivity index (χ4v) is 3.80. The Labute approximate surface area is 167 Å². The maximum Gasteiger partial charge on any atom is 0.102 e. The largest absolute Gasteiger partial charge is 0.309 e. The lowest BCUT2D eigenvalue weighted by molar-refractivity contribution is 1.18. The van der Waals surface area contributed by atoms with Gasteiger partial charge in [-0.2, -0.15) is 10.5 Å². The number of hydrogen-bond donors (Lipinski definition) is 0. The summed E-state index contributed by atoms with van der Waals surface area (Å²) in [5.41, 5.74) is 5.47. The van der Waals surface area contributed by atoms with Gasteiger partial charge in [0.1, 0.15) is 12.1 Å². The Morgan fingerprint density at radius 3 is 2.00 bits per heavy atom. The van der Waals surface area contributed by atoms with E-state index in [-0.39, 0.29) is 5.56 Å². The van der Waals surface area contributed by atoms with Crippen molar-refractivity contribution in [2.45, 2.75) is 0 Å². The third kappa shape index (κ3) is 2.64. The van der Waals surface area contributed by atoms with Crippen LogP contribution < -0.4 is 0 Å². The van der Waals surface area contributed by atoms with Crippen LogP contribution in [0.2, 0.25) is 0 Å². The number of benzene rings is 3. The number of fused-ring (bicyclic) bond motifs is 3. The lowest BCUT2D eigenvalue weighted by Crippen LogP contribution is -1.95. The van der Waals surface area contributed by atoms with Crippen molar-refractivity contribution in [3.05, 3.63) is 96.2 Å². The number of hydrogen-bond acceptors (Lipinski definition) is 3. The molecule has 134 valence electrons. The number of pyridine rings is 1. The van der Waals surface area contributed by atoms with Crippen molar-refractivity contribution >= 4 is 21.8 Å². The number of aromatic nitrogens is 2. The van der Waals surface area contributed by atoms with E-state index in [1.54, 1.807) is 6.07 Å². The van der Waals surface area contributed by atoms with E-state index < -0.39 is 0 Å².